The summed E-state index contributed by atoms with van der Waals surface area (Å²) in [5.41, 5.74) is 0.783. The van der Waals surface area contributed by atoms with Crippen LogP contribution in [0.2, 0.25) is 5.02 Å². The number of halogens is 1. The standard InChI is InChI=1S/C12H14ClNO/c13-11-6-3-7-12(15)10(11)8-14-9-4-1-2-5-9/h1-3,6-7,9,14-15H,4-5,8H2. The van der Waals surface area contributed by atoms with Gasteiger partial charge in [0.1, 0.15) is 5.75 Å². The molecule has 1 aliphatic carbocycles. The van der Waals surface area contributed by atoms with Gasteiger partial charge in [-0.15, -0.1) is 0 Å². The van der Waals surface area contributed by atoms with Crippen LogP contribution >= 0.6 is 11.6 Å². The van der Waals surface area contributed by atoms with Gasteiger partial charge in [-0.3, -0.25) is 0 Å². The Kier molecular flexibility index (Phi) is 3.29. The van der Waals surface area contributed by atoms with E-state index in [9.17, 15) is 5.11 Å². The fourth-order valence-electron chi connectivity index (χ4n) is 1.75. The van der Waals surface area contributed by atoms with Crippen LogP contribution in [0.15, 0.2) is 30.4 Å². The van der Waals surface area contributed by atoms with Crippen molar-refractivity contribution in [1.82, 2.24) is 5.32 Å². The molecule has 0 amide bonds. The molecule has 2 rings (SSSR count). The number of hydrogen-bond donors (Lipinski definition) is 2. The van der Waals surface area contributed by atoms with Gasteiger partial charge in [0.2, 0.25) is 0 Å². The minimum atomic E-state index is 0.265. The average Bonchev–Trinajstić information content (AvgIpc) is 2.70. The monoisotopic (exact) mass is 223 g/mol. The van der Waals surface area contributed by atoms with E-state index < -0.39 is 0 Å². The number of benzene rings is 1. The molecule has 0 heterocycles. The first-order chi connectivity index (χ1) is 7.27. The summed E-state index contributed by atoms with van der Waals surface area (Å²) in [5, 5.41) is 13.6. The highest BCUT2D eigenvalue weighted by Crippen LogP contribution is 2.25. The van der Waals surface area contributed by atoms with Gasteiger partial charge in [-0.2, -0.15) is 0 Å². The van der Waals surface area contributed by atoms with Crippen molar-refractivity contribution in [3.63, 3.8) is 0 Å². The maximum absolute atomic E-state index is 9.63. The van der Waals surface area contributed by atoms with Crippen LogP contribution in [0.25, 0.3) is 0 Å². The number of nitrogens with one attached hydrogen (secondary N) is 1. The Bertz CT molecular complexity index is 348. The van der Waals surface area contributed by atoms with E-state index in [0.717, 1.165) is 18.4 Å². The lowest BCUT2D eigenvalue weighted by Gasteiger charge is -2.13. The normalized spacial score (nSPS) is 16.1. The van der Waals surface area contributed by atoms with Crippen LogP contribution < -0.4 is 5.32 Å². The van der Waals surface area contributed by atoms with E-state index in [2.05, 4.69) is 17.5 Å². The molecule has 0 spiro atoms. The van der Waals surface area contributed by atoms with Crippen LogP contribution in [0.5, 0.6) is 5.75 Å². The summed E-state index contributed by atoms with van der Waals surface area (Å²) in [4.78, 5) is 0. The molecule has 80 valence electrons. The number of hydrogen-bond acceptors (Lipinski definition) is 2. The molecule has 0 atom stereocenters. The lowest BCUT2D eigenvalue weighted by Crippen LogP contribution is -2.25. The van der Waals surface area contributed by atoms with E-state index in [4.69, 9.17) is 11.6 Å². The second-order valence-electron chi connectivity index (χ2n) is 3.76. The summed E-state index contributed by atoms with van der Waals surface area (Å²) in [6, 6.07) is 5.69. The molecule has 15 heavy (non-hydrogen) atoms. The summed E-state index contributed by atoms with van der Waals surface area (Å²) in [6.45, 7) is 0.623. The first kappa shape index (κ1) is 10.5. The van der Waals surface area contributed by atoms with Crippen molar-refractivity contribution in [3.8, 4) is 5.75 Å². The van der Waals surface area contributed by atoms with E-state index in [-0.39, 0.29) is 5.75 Å². The Balaban J connectivity index is 1.98. The van der Waals surface area contributed by atoms with Gasteiger partial charge in [-0.05, 0) is 25.0 Å². The predicted octanol–water partition coefficient (Wildman–Crippen LogP) is 2.85. The Morgan fingerprint density at radius 1 is 1.33 bits per heavy atom. The molecule has 0 bridgehead atoms. The van der Waals surface area contributed by atoms with Crippen molar-refractivity contribution in [2.24, 2.45) is 0 Å². The van der Waals surface area contributed by atoms with Gasteiger partial charge in [-0.25, -0.2) is 0 Å². The molecule has 0 aliphatic heterocycles. The molecular formula is C12H14ClNO. The number of aromatic hydroxyl groups is 1. The SMILES string of the molecule is Oc1cccc(Cl)c1CNC1CC=CC1. The zero-order valence-electron chi connectivity index (χ0n) is 8.41. The summed E-state index contributed by atoms with van der Waals surface area (Å²) in [6.07, 6.45) is 6.46. The topological polar surface area (TPSA) is 32.3 Å². The zero-order chi connectivity index (χ0) is 10.7. The number of rotatable bonds is 3. The molecule has 0 radical (unpaired) electrons. The molecule has 0 unspecified atom stereocenters. The Morgan fingerprint density at radius 3 is 2.73 bits per heavy atom. The fourth-order valence-corrected chi connectivity index (χ4v) is 1.99. The van der Waals surface area contributed by atoms with Crippen molar-refractivity contribution < 1.29 is 5.11 Å². The van der Waals surface area contributed by atoms with Gasteiger partial charge in [0, 0.05) is 23.2 Å². The van der Waals surface area contributed by atoms with Gasteiger partial charge in [-0.1, -0.05) is 29.8 Å². The van der Waals surface area contributed by atoms with Crippen LogP contribution in [0, 0.1) is 0 Å². The smallest absolute Gasteiger partial charge is 0.121 e. The van der Waals surface area contributed by atoms with Crippen LogP contribution in [0.3, 0.4) is 0 Å². The summed E-state index contributed by atoms with van der Waals surface area (Å²) < 4.78 is 0. The van der Waals surface area contributed by atoms with Crippen molar-refractivity contribution in [3.05, 3.63) is 40.9 Å². The van der Waals surface area contributed by atoms with Gasteiger partial charge in [0.15, 0.2) is 0 Å². The largest absolute Gasteiger partial charge is 0.508 e. The van der Waals surface area contributed by atoms with Gasteiger partial charge in [0.05, 0.1) is 0 Å². The second-order valence-corrected chi connectivity index (χ2v) is 4.17. The number of phenols is 1. The maximum Gasteiger partial charge on any atom is 0.121 e. The molecule has 1 aliphatic rings. The third-order valence-electron chi connectivity index (χ3n) is 2.67. The summed E-state index contributed by atoms with van der Waals surface area (Å²) >= 11 is 6.00. The van der Waals surface area contributed by atoms with Crippen molar-refractivity contribution in [2.45, 2.75) is 25.4 Å². The highest BCUT2D eigenvalue weighted by molar-refractivity contribution is 6.31. The van der Waals surface area contributed by atoms with E-state index in [0.29, 0.717) is 17.6 Å². The molecule has 0 aromatic heterocycles. The molecule has 2 nitrogen and oxygen atoms in total. The fraction of sp³-hybridized carbons (Fsp3) is 0.333. The Hall–Kier alpha value is -0.990. The minimum Gasteiger partial charge on any atom is -0.508 e. The molecule has 2 N–H and O–H groups in total. The number of phenolic OH excluding ortho intramolecular Hbond substituents is 1. The minimum absolute atomic E-state index is 0.265. The Labute approximate surface area is 94.6 Å². The molecule has 0 saturated carbocycles. The maximum atomic E-state index is 9.63. The molecule has 1 aromatic rings. The zero-order valence-corrected chi connectivity index (χ0v) is 9.17. The van der Waals surface area contributed by atoms with Crippen LogP contribution in [0.4, 0.5) is 0 Å². The summed E-state index contributed by atoms with van der Waals surface area (Å²) in [5.74, 6) is 0.265. The lowest BCUT2D eigenvalue weighted by molar-refractivity contribution is 0.458. The molecule has 1 aromatic carbocycles. The van der Waals surface area contributed by atoms with Crippen molar-refractivity contribution in [1.29, 1.82) is 0 Å². The molecule has 0 fully saturated rings. The van der Waals surface area contributed by atoms with Gasteiger partial charge in [0.25, 0.3) is 0 Å². The van der Waals surface area contributed by atoms with E-state index in [1.54, 1.807) is 18.2 Å². The van der Waals surface area contributed by atoms with E-state index >= 15 is 0 Å². The first-order valence-electron chi connectivity index (χ1n) is 5.12. The lowest BCUT2D eigenvalue weighted by atomic mass is 10.1. The first-order valence-corrected chi connectivity index (χ1v) is 5.50. The quantitative estimate of drug-likeness (QED) is 0.773. The van der Waals surface area contributed by atoms with Crippen LogP contribution in [-0.2, 0) is 6.54 Å². The van der Waals surface area contributed by atoms with Crippen molar-refractivity contribution >= 4 is 11.6 Å². The van der Waals surface area contributed by atoms with E-state index in [1.807, 2.05) is 0 Å². The van der Waals surface area contributed by atoms with Crippen LogP contribution in [0.1, 0.15) is 18.4 Å². The van der Waals surface area contributed by atoms with Gasteiger partial charge >= 0.3 is 0 Å². The Morgan fingerprint density at radius 2 is 2.07 bits per heavy atom. The molecule has 3 heteroatoms. The van der Waals surface area contributed by atoms with Gasteiger partial charge < -0.3 is 10.4 Å². The highest BCUT2D eigenvalue weighted by Gasteiger charge is 2.11. The average molecular weight is 224 g/mol. The molecular weight excluding hydrogens is 210 g/mol. The predicted molar refractivity (Wildman–Crippen MR) is 62.1 cm³/mol. The third-order valence-corrected chi connectivity index (χ3v) is 3.02. The molecule has 0 saturated heterocycles. The van der Waals surface area contributed by atoms with Crippen LogP contribution in [-0.4, -0.2) is 11.1 Å². The van der Waals surface area contributed by atoms with E-state index in [1.165, 1.54) is 0 Å². The highest BCUT2D eigenvalue weighted by atomic mass is 35.5. The summed E-state index contributed by atoms with van der Waals surface area (Å²) in [7, 11) is 0. The van der Waals surface area contributed by atoms with Crippen molar-refractivity contribution in [2.75, 3.05) is 0 Å². The second kappa shape index (κ2) is 4.69. The third kappa shape index (κ3) is 2.52.